The zero-order valence-corrected chi connectivity index (χ0v) is 13.8. The van der Waals surface area contributed by atoms with E-state index >= 15 is 0 Å². The van der Waals surface area contributed by atoms with Gasteiger partial charge in [-0.05, 0) is 26.0 Å². The molecular weight excluding hydrogens is 304 g/mol. The van der Waals surface area contributed by atoms with Crippen LogP contribution in [0.5, 0.6) is 11.5 Å². The lowest BCUT2D eigenvalue weighted by Gasteiger charge is -2.26. The van der Waals surface area contributed by atoms with Crippen molar-refractivity contribution in [3.8, 4) is 11.5 Å². The second-order valence-electron chi connectivity index (χ2n) is 5.71. The summed E-state index contributed by atoms with van der Waals surface area (Å²) in [6.07, 6.45) is 1.12. The molecular formula is C16H23ClN2O3. The maximum atomic E-state index is 11.9. The number of hydrogen-bond donors (Lipinski definition) is 2. The Labute approximate surface area is 137 Å². The number of hydrogen-bond acceptors (Lipinski definition) is 4. The molecule has 122 valence electrons. The van der Waals surface area contributed by atoms with Crippen molar-refractivity contribution in [1.29, 1.82) is 0 Å². The molecule has 0 aliphatic carbocycles. The Kier molecular flexibility index (Phi) is 5.53. The summed E-state index contributed by atoms with van der Waals surface area (Å²) in [5, 5.41) is 6.09. The zero-order valence-electron chi connectivity index (χ0n) is 13.0. The lowest BCUT2D eigenvalue weighted by molar-refractivity contribution is -0.126. The molecule has 6 heteroatoms. The van der Waals surface area contributed by atoms with Crippen LogP contribution in [0.15, 0.2) is 12.1 Å². The molecule has 2 N–H and O–H groups in total. The Balaban J connectivity index is 0.00000176. The molecule has 1 atom stereocenters. The quantitative estimate of drug-likeness (QED) is 0.864. The van der Waals surface area contributed by atoms with E-state index in [1.165, 1.54) is 5.56 Å². The van der Waals surface area contributed by atoms with Crippen molar-refractivity contribution in [1.82, 2.24) is 10.6 Å². The van der Waals surface area contributed by atoms with Crippen LogP contribution in [0.3, 0.4) is 0 Å². The Bertz CT molecular complexity index is 546. The maximum absolute atomic E-state index is 11.9. The second-order valence-corrected chi connectivity index (χ2v) is 5.71. The first kappa shape index (κ1) is 16.9. The third kappa shape index (κ3) is 3.47. The number of carbonyl (C=O) groups is 1. The molecule has 0 bridgehead atoms. The molecule has 1 amide bonds. The van der Waals surface area contributed by atoms with Crippen LogP contribution in [0, 0.1) is 5.92 Å². The van der Waals surface area contributed by atoms with Gasteiger partial charge in [0, 0.05) is 37.2 Å². The zero-order chi connectivity index (χ0) is 14.8. The highest BCUT2D eigenvalue weighted by Crippen LogP contribution is 2.35. The van der Waals surface area contributed by atoms with Crippen molar-refractivity contribution in [2.24, 2.45) is 5.92 Å². The van der Waals surface area contributed by atoms with Gasteiger partial charge in [-0.3, -0.25) is 4.79 Å². The van der Waals surface area contributed by atoms with E-state index in [0.717, 1.165) is 36.6 Å². The molecule has 5 nitrogen and oxygen atoms in total. The summed E-state index contributed by atoms with van der Waals surface area (Å²) < 4.78 is 11.5. The van der Waals surface area contributed by atoms with E-state index < -0.39 is 0 Å². The normalized spacial score (nSPS) is 19.5. The lowest BCUT2D eigenvalue weighted by Crippen LogP contribution is -2.50. The highest BCUT2D eigenvalue weighted by Gasteiger charge is 2.25. The van der Waals surface area contributed by atoms with E-state index in [4.69, 9.17) is 9.47 Å². The van der Waals surface area contributed by atoms with Gasteiger partial charge < -0.3 is 20.1 Å². The number of ether oxygens (including phenoxy) is 2. The molecule has 2 heterocycles. The van der Waals surface area contributed by atoms with Crippen LogP contribution in [0.4, 0.5) is 0 Å². The Morgan fingerprint density at radius 3 is 2.86 bits per heavy atom. The topological polar surface area (TPSA) is 59.6 Å². The van der Waals surface area contributed by atoms with Crippen LogP contribution in [0.2, 0.25) is 0 Å². The van der Waals surface area contributed by atoms with Gasteiger partial charge in [-0.25, -0.2) is 0 Å². The Morgan fingerprint density at radius 2 is 2.23 bits per heavy atom. The first-order chi connectivity index (χ1) is 10.2. The van der Waals surface area contributed by atoms with Crippen LogP contribution >= 0.6 is 12.4 Å². The first-order valence-corrected chi connectivity index (χ1v) is 7.61. The van der Waals surface area contributed by atoms with Crippen LogP contribution in [0.25, 0.3) is 0 Å². The molecule has 3 rings (SSSR count). The van der Waals surface area contributed by atoms with Crippen molar-refractivity contribution < 1.29 is 14.3 Å². The fourth-order valence-corrected chi connectivity index (χ4v) is 2.71. The summed E-state index contributed by atoms with van der Waals surface area (Å²) in [5.41, 5.74) is 2.16. The molecule has 0 spiro atoms. The molecule has 2 aliphatic heterocycles. The van der Waals surface area contributed by atoms with E-state index in [0.29, 0.717) is 13.2 Å². The van der Waals surface area contributed by atoms with Gasteiger partial charge in [0.25, 0.3) is 0 Å². The summed E-state index contributed by atoms with van der Waals surface area (Å²) in [4.78, 5) is 11.9. The number of carbonyl (C=O) groups excluding carboxylic acids is 1. The number of rotatable bonds is 5. The van der Waals surface area contributed by atoms with Gasteiger partial charge in [0.1, 0.15) is 17.6 Å². The largest absolute Gasteiger partial charge is 0.494 e. The lowest BCUT2D eigenvalue weighted by atomic mass is 10.0. The van der Waals surface area contributed by atoms with Crippen molar-refractivity contribution in [2.75, 3.05) is 19.7 Å². The minimum atomic E-state index is 0. The SMILES string of the molecule is CCOc1cc2c(cc1CNC(=O)C1CNC1)OC(C)C2.Cl. The van der Waals surface area contributed by atoms with Crippen molar-refractivity contribution >= 4 is 18.3 Å². The van der Waals surface area contributed by atoms with Crippen LogP contribution < -0.4 is 20.1 Å². The molecule has 1 saturated heterocycles. The molecule has 22 heavy (non-hydrogen) atoms. The van der Waals surface area contributed by atoms with Gasteiger partial charge in [-0.2, -0.15) is 0 Å². The van der Waals surface area contributed by atoms with Gasteiger partial charge in [-0.15, -0.1) is 12.4 Å². The minimum absolute atomic E-state index is 0. The third-order valence-electron chi connectivity index (χ3n) is 3.98. The molecule has 1 fully saturated rings. The van der Waals surface area contributed by atoms with E-state index in [1.54, 1.807) is 0 Å². The highest BCUT2D eigenvalue weighted by atomic mass is 35.5. The summed E-state index contributed by atoms with van der Waals surface area (Å²) in [6, 6.07) is 4.05. The fourth-order valence-electron chi connectivity index (χ4n) is 2.71. The standard InChI is InChI=1S/C16H22N2O3.ClH/c1-3-20-14-5-11-4-10(2)21-15(11)6-12(14)9-18-16(19)13-7-17-8-13;/h5-6,10,13,17H,3-4,7-9H2,1-2H3,(H,18,19);1H. The third-order valence-corrected chi connectivity index (χ3v) is 3.98. The number of fused-ring (bicyclic) bond motifs is 1. The van der Waals surface area contributed by atoms with Gasteiger partial charge in [0.05, 0.1) is 12.5 Å². The smallest absolute Gasteiger partial charge is 0.225 e. The Morgan fingerprint density at radius 1 is 1.45 bits per heavy atom. The van der Waals surface area contributed by atoms with Crippen LogP contribution in [-0.4, -0.2) is 31.7 Å². The summed E-state index contributed by atoms with van der Waals surface area (Å²) >= 11 is 0. The monoisotopic (exact) mass is 326 g/mol. The van der Waals surface area contributed by atoms with Gasteiger partial charge >= 0.3 is 0 Å². The Hall–Kier alpha value is -1.46. The van der Waals surface area contributed by atoms with Crippen molar-refractivity contribution in [3.63, 3.8) is 0 Å². The highest BCUT2D eigenvalue weighted by molar-refractivity contribution is 5.85. The van der Waals surface area contributed by atoms with E-state index in [1.807, 2.05) is 13.0 Å². The number of amides is 1. The molecule has 1 aromatic rings. The maximum Gasteiger partial charge on any atom is 0.225 e. The summed E-state index contributed by atoms with van der Waals surface area (Å²) in [5.74, 6) is 1.97. The first-order valence-electron chi connectivity index (χ1n) is 7.61. The fraction of sp³-hybridized carbons (Fsp3) is 0.562. The molecule has 2 aliphatic rings. The molecule has 1 unspecified atom stereocenters. The van der Waals surface area contributed by atoms with E-state index in [-0.39, 0.29) is 30.3 Å². The predicted molar refractivity (Wildman–Crippen MR) is 86.9 cm³/mol. The summed E-state index contributed by atoms with van der Waals surface area (Å²) in [7, 11) is 0. The number of halogens is 1. The average Bonchev–Trinajstić information content (AvgIpc) is 2.73. The minimum Gasteiger partial charge on any atom is -0.494 e. The van der Waals surface area contributed by atoms with Gasteiger partial charge in [0.2, 0.25) is 5.91 Å². The van der Waals surface area contributed by atoms with Gasteiger partial charge in [0.15, 0.2) is 0 Å². The average molecular weight is 327 g/mol. The van der Waals surface area contributed by atoms with E-state index in [9.17, 15) is 4.79 Å². The molecule has 0 radical (unpaired) electrons. The summed E-state index contributed by atoms with van der Waals surface area (Å²) in [6.45, 7) is 6.67. The van der Waals surface area contributed by atoms with E-state index in [2.05, 4.69) is 23.6 Å². The van der Waals surface area contributed by atoms with Crippen LogP contribution in [0.1, 0.15) is 25.0 Å². The number of benzene rings is 1. The molecule has 1 aromatic carbocycles. The molecule has 0 aromatic heterocycles. The predicted octanol–water partition coefficient (Wildman–Crippen LogP) is 1.67. The van der Waals surface area contributed by atoms with Crippen molar-refractivity contribution in [3.05, 3.63) is 23.3 Å². The molecule has 0 saturated carbocycles. The van der Waals surface area contributed by atoms with Crippen LogP contribution in [-0.2, 0) is 17.8 Å². The van der Waals surface area contributed by atoms with Crippen molar-refractivity contribution in [2.45, 2.75) is 32.9 Å². The second kappa shape index (κ2) is 7.20. The number of nitrogens with one attached hydrogen (secondary N) is 2. The van der Waals surface area contributed by atoms with Gasteiger partial charge in [-0.1, -0.05) is 0 Å².